The van der Waals surface area contributed by atoms with Gasteiger partial charge in [-0.15, -0.1) is 0 Å². The summed E-state index contributed by atoms with van der Waals surface area (Å²) in [5.74, 6) is -2.79. The van der Waals surface area contributed by atoms with E-state index in [9.17, 15) is 29.3 Å². The molecule has 182 valence electrons. The summed E-state index contributed by atoms with van der Waals surface area (Å²) in [6.07, 6.45) is -0.147. The lowest BCUT2D eigenvalue weighted by molar-refractivity contribution is -0.384. The Morgan fingerprint density at radius 1 is 1.00 bits per heavy atom. The summed E-state index contributed by atoms with van der Waals surface area (Å²) < 4.78 is 5.13. The number of anilines is 1. The number of ketones is 2. The van der Waals surface area contributed by atoms with E-state index < -0.39 is 29.2 Å². The number of benzene rings is 3. The second-order valence-electron chi connectivity index (χ2n) is 8.10. The number of non-ortho nitro benzene ring substituents is 1. The van der Waals surface area contributed by atoms with E-state index in [1.54, 1.807) is 42.5 Å². The van der Waals surface area contributed by atoms with Crippen LogP contribution in [0.1, 0.15) is 32.7 Å². The van der Waals surface area contributed by atoms with Gasteiger partial charge in [0.05, 0.1) is 16.5 Å². The van der Waals surface area contributed by atoms with E-state index in [-0.39, 0.29) is 41.5 Å². The zero-order valence-electron chi connectivity index (χ0n) is 18.8. The van der Waals surface area contributed by atoms with E-state index in [2.05, 4.69) is 0 Å². The number of amides is 1. The molecule has 36 heavy (non-hydrogen) atoms. The number of rotatable bonds is 8. The molecule has 1 saturated heterocycles. The maximum atomic E-state index is 13.1. The van der Waals surface area contributed by atoms with Gasteiger partial charge in [-0.25, -0.2) is 0 Å². The molecule has 1 aliphatic rings. The number of nitro groups is 1. The van der Waals surface area contributed by atoms with E-state index >= 15 is 0 Å². The quantitative estimate of drug-likeness (QED) is 0.193. The molecule has 1 amide bonds. The molecule has 3 aromatic carbocycles. The molecule has 4 rings (SSSR count). The van der Waals surface area contributed by atoms with Crippen LogP contribution in [0.25, 0.3) is 0 Å². The number of nitro benzene ring substituents is 1. The number of halogens is 1. The molecule has 1 aliphatic heterocycles. The molecule has 0 bridgehead atoms. The van der Waals surface area contributed by atoms with Crippen LogP contribution in [0.3, 0.4) is 0 Å². The molecule has 0 N–H and O–H groups in total. The van der Waals surface area contributed by atoms with Crippen LogP contribution in [0.4, 0.5) is 11.4 Å². The highest BCUT2D eigenvalue weighted by molar-refractivity contribution is 6.31. The van der Waals surface area contributed by atoms with Gasteiger partial charge in [-0.05, 0) is 30.3 Å². The molecule has 10 heteroatoms. The summed E-state index contributed by atoms with van der Waals surface area (Å²) in [6.45, 7) is -0.597. The molecule has 9 nitrogen and oxygen atoms in total. The van der Waals surface area contributed by atoms with Gasteiger partial charge in [0.25, 0.3) is 5.69 Å². The molecule has 1 fully saturated rings. The van der Waals surface area contributed by atoms with Crippen LogP contribution in [0.15, 0.2) is 72.8 Å². The number of hydrogen-bond acceptors (Lipinski definition) is 7. The SMILES string of the molecule is O=C(COC(=O)[C@@H]1CC(=O)N(c2ccc(Cl)cc2C(=O)c2ccccc2)C1)c1ccc([N+](=O)[O-])cc1. The standard InChI is InChI=1S/C26H19ClN2O7/c27-19-8-11-22(21(13-19)25(32)17-4-2-1-3-5-17)28-14-18(12-24(28)31)26(33)36-15-23(30)16-6-9-20(10-7-16)29(34)35/h1-11,13,18H,12,14-15H2/t18-/m1/s1. The molecular formula is C26H19ClN2O7. The molecule has 0 radical (unpaired) electrons. The van der Waals surface area contributed by atoms with Crippen molar-refractivity contribution >= 4 is 46.4 Å². The summed E-state index contributed by atoms with van der Waals surface area (Å²) in [5, 5.41) is 11.1. The van der Waals surface area contributed by atoms with Gasteiger partial charge in [0.15, 0.2) is 18.2 Å². The number of ether oxygens (including phenoxy) is 1. The van der Waals surface area contributed by atoms with Crippen LogP contribution in [-0.4, -0.2) is 41.5 Å². The average molecular weight is 507 g/mol. The fourth-order valence-electron chi connectivity index (χ4n) is 3.88. The molecule has 0 spiro atoms. The van der Waals surface area contributed by atoms with Gasteiger partial charge in [-0.3, -0.25) is 29.3 Å². The third-order valence-corrected chi connectivity index (χ3v) is 5.97. The molecular weight excluding hydrogens is 488 g/mol. The topological polar surface area (TPSA) is 124 Å². The highest BCUT2D eigenvalue weighted by atomic mass is 35.5. The first-order valence-electron chi connectivity index (χ1n) is 10.9. The summed E-state index contributed by atoms with van der Waals surface area (Å²) in [7, 11) is 0. The third kappa shape index (κ3) is 5.31. The van der Waals surface area contributed by atoms with Gasteiger partial charge in [-0.1, -0.05) is 41.9 Å². The van der Waals surface area contributed by atoms with Crippen molar-refractivity contribution in [1.29, 1.82) is 0 Å². The summed E-state index contributed by atoms with van der Waals surface area (Å²) >= 11 is 6.12. The van der Waals surface area contributed by atoms with Crippen molar-refractivity contribution in [3.63, 3.8) is 0 Å². The van der Waals surface area contributed by atoms with Gasteiger partial charge >= 0.3 is 5.97 Å². The molecule has 0 unspecified atom stereocenters. The van der Waals surface area contributed by atoms with E-state index in [4.69, 9.17) is 16.3 Å². The first-order chi connectivity index (χ1) is 17.2. The van der Waals surface area contributed by atoms with Crippen molar-refractivity contribution in [2.75, 3.05) is 18.1 Å². The van der Waals surface area contributed by atoms with Crippen LogP contribution in [0, 0.1) is 16.0 Å². The fourth-order valence-corrected chi connectivity index (χ4v) is 4.05. The Labute approximate surface area is 210 Å². The predicted octanol–water partition coefficient (Wildman–Crippen LogP) is 4.26. The molecule has 3 aromatic rings. The van der Waals surface area contributed by atoms with Crippen molar-refractivity contribution < 1.29 is 28.8 Å². The largest absolute Gasteiger partial charge is 0.457 e. The third-order valence-electron chi connectivity index (χ3n) is 5.73. The maximum absolute atomic E-state index is 13.1. The van der Waals surface area contributed by atoms with Gasteiger partial charge in [0, 0.05) is 46.8 Å². The molecule has 1 heterocycles. The van der Waals surface area contributed by atoms with Crippen LogP contribution in [0.5, 0.6) is 0 Å². The maximum Gasteiger partial charge on any atom is 0.311 e. The Kier molecular flexibility index (Phi) is 7.21. The second kappa shape index (κ2) is 10.5. The lowest BCUT2D eigenvalue weighted by Crippen LogP contribution is -2.28. The summed E-state index contributed by atoms with van der Waals surface area (Å²) in [6, 6.07) is 18.1. The Morgan fingerprint density at radius 3 is 2.36 bits per heavy atom. The summed E-state index contributed by atoms with van der Waals surface area (Å²) in [4.78, 5) is 62.3. The zero-order chi connectivity index (χ0) is 25.8. The van der Waals surface area contributed by atoms with E-state index in [1.165, 1.54) is 35.2 Å². The molecule has 0 aliphatic carbocycles. The lowest BCUT2D eigenvalue weighted by Gasteiger charge is -2.20. The number of carbonyl (C=O) groups is 4. The number of hydrogen-bond donors (Lipinski definition) is 0. The van der Waals surface area contributed by atoms with Crippen molar-refractivity contribution in [3.05, 3.63) is 105 Å². The predicted molar refractivity (Wildman–Crippen MR) is 130 cm³/mol. The van der Waals surface area contributed by atoms with E-state index in [0.29, 0.717) is 16.3 Å². The Balaban J connectivity index is 1.45. The van der Waals surface area contributed by atoms with E-state index in [0.717, 1.165) is 0 Å². The summed E-state index contributed by atoms with van der Waals surface area (Å²) in [5.41, 5.74) is 0.969. The van der Waals surface area contributed by atoms with Gasteiger partial charge in [0.1, 0.15) is 0 Å². The number of carbonyl (C=O) groups excluding carboxylic acids is 4. The minimum absolute atomic E-state index is 0.0277. The van der Waals surface area contributed by atoms with Gasteiger partial charge < -0.3 is 9.64 Å². The molecule has 0 aromatic heterocycles. The van der Waals surface area contributed by atoms with Crippen molar-refractivity contribution in [3.8, 4) is 0 Å². The van der Waals surface area contributed by atoms with Crippen LogP contribution >= 0.6 is 11.6 Å². The Hall–Kier alpha value is -4.37. The van der Waals surface area contributed by atoms with E-state index in [1.807, 2.05) is 0 Å². The zero-order valence-corrected chi connectivity index (χ0v) is 19.5. The number of esters is 1. The first kappa shape index (κ1) is 24.7. The highest BCUT2D eigenvalue weighted by Gasteiger charge is 2.38. The lowest BCUT2D eigenvalue weighted by atomic mass is 10.0. The van der Waals surface area contributed by atoms with Crippen LogP contribution in [-0.2, 0) is 14.3 Å². The number of nitrogens with zero attached hydrogens (tertiary/aromatic N) is 2. The van der Waals surface area contributed by atoms with Gasteiger partial charge in [-0.2, -0.15) is 0 Å². The minimum atomic E-state index is -0.836. The minimum Gasteiger partial charge on any atom is -0.457 e. The van der Waals surface area contributed by atoms with Crippen molar-refractivity contribution in [2.24, 2.45) is 5.92 Å². The fraction of sp³-hybridized carbons (Fsp3) is 0.154. The number of Topliss-reactive ketones (excluding diaryl/α,β-unsaturated/α-hetero) is 1. The molecule has 0 saturated carbocycles. The first-order valence-corrected chi connectivity index (χ1v) is 11.3. The second-order valence-corrected chi connectivity index (χ2v) is 8.53. The smallest absolute Gasteiger partial charge is 0.311 e. The normalized spacial score (nSPS) is 15.0. The average Bonchev–Trinajstić information content (AvgIpc) is 3.28. The molecule has 1 atom stereocenters. The monoisotopic (exact) mass is 506 g/mol. The van der Waals surface area contributed by atoms with Crippen LogP contribution < -0.4 is 4.90 Å². The van der Waals surface area contributed by atoms with Crippen LogP contribution in [0.2, 0.25) is 5.02 Å². The Morgan fingerprint density at radius 2 is 1.69 bits per heavy atom. The van der Waals surface area contributed by atoms with Crippen molar-refractivity contribution in [1.82, 2.24) is 0 Å². The Bertz CT molecular complexity index is 1360. The highest BCUT2D eigenvalue weighted by Crippen LogP contribution is 2.32. The van der Waals surface area contributed by atoms with Gasteiger partial charge in [0.2, 0.25) is 5.91 Å². The van der Waals surface area contributed by atoms with Crippen molar-refractivity contribution in [2.45, 2.75) is 6.42 Å².